The van der Waals surface area contributed by atoms with Crippen LogP contribution in [0.15, 0.2) is 70.9 Å². The summed E-state index contributed by atoms with van der Waals surface area (Å²) in [7, 11) is 0. The van der Waals surface area contributed by atoms with Gasteiger partial charge in [-0.05, 0) is 37.0 Å². The molecular formula is C25H24FNO3. The molecule has 0 saturated heterocycles. The monoisotopic (exact) mass is 405 g/mol. The zero-order valence-corrected chi connectivity index (χ0v) is 16.9. The van der Waals surface area contributed by atoms with E-state index in [0.29, 0.717) is 41.8 Å². The van der Waals surface area contributed by atoms with Gasteiger partial charge in [-0.3, -0.25) is 14.6 Å². The highest BCUT2D eigenvalue weighted by atomic mass is 19.1. The van der Waals surface area contributed by atoms with E-state index in [0.717, 1.165) is 12.0 Å². The van der Waals surface area contributed by atoms with Gasteiger partial charge in [0.1, 0.15) is 11.7 Å². The Labute approximate surface area is 175 Å². The average molecular weight is 405 g/mol. The Morgan fingerprint density at radius 2 is 1.83 bits per heavy atom. The van der Waals surface area contributed by atoms with Crippen LogP contribution in [0.1, 0.15) is 43.2 Å². The van der Waals surface area contributed by atoms with Crippen molar-refractivity contribution in [3.63, 3.8) is 0 Å². The summed E-state index contributed by atoms with van der Waals surface area (Å²) in [5, 5.41) is 0. The van der Waals surface area contributed by atoms with E-state index in [1.54, 1.807) is 25.1 Å². The Bertz CT molecular complexity index is 1030. The Hall–Kier alpha value is -3.08. The molecule has 154 valence electrons. The lowest BCUT2D eigenvalue weighted by Gasteiger charge is -2.34. The molecule has 0 fully saturated rings. The summed E-state index contributed by atoms with van der Waals surface area (Å²) in [6, 6.07) is 16.1. The van der Waals surface area contributed by atoms with Gasteiger partial charge in [0.15, 0.2) is 5.78 Å². The van der Waals surface area contributed by atoms with Crippen molar-refractivity contribution in [2.75, 3.05) is 6.61 Å². The van der Waals surface area contributed by atoms with Crippen molar-refractivity contribution >= 4 is 17.5 Å². The minimum atomic E-state index is -0.807. The molecule has 1 aliphatic heterocycles. The van der Waals surface area contributed by atoms with Crippen LogP contribution in [0, 0.1) is 11.7 Å². The summed E-state index contributed by atoms with van der Waals surface area (Å²) < 4.78 is 20.4. The molecule has 1 unspecified atom stereocenters. The molecule has 0 aromatic heterocycles. The van der Waals surface area contributed by atoms with Gasteiger partial charge in [0.25, 0.3) is 0 Å². The van der Waals surface area contributed by atoms with Crippen molar-refractivity contribution in [2.24, 2.45) is 10.9 Å². The van der Waals surface area contributed by atoms with E-state index in [1.165, 1.54) is 6.07 Å². The molecule has 4 nitrogen and oxygen atoms in total. The fourth-order valence-corrected chi connectivity index (χ4v) is 4.38. The van der Waals surface area contributed by atoms with Crippen molar-refractivity contribution in [3.8, 4) is 0 Å². The number of ketones is 1. The molecule has 5 heteroatoms. The van der Waals surface area contributed by atoms with Gasteiger partial charge in [0.05, 0.1) is 6.61 Å². The van der Waals surface area contributed by atoms with Crippen LogP contribution < -0.4 is 0 Å². The molecule has 0 N–H and O–H groups in total. The van der Waals surface area contributed by atoms with E-state index in [4.69, 9.17) is 4.74 Å². The number of esters is 1. The number of halogens is 1. The fourth-order valence-electron chi connectivity index (χ4n) is 4.38. The van der Waals surface area contributed by atoms with E-state index in [1.807, 2.05) is 30.3 Å². The van der Waals surface area contributed by atoms with Crippen LogP contribution in [0.3, 0.4) is 0 Å². The van der Waals surface area contributed by atoms with Crippen molar-refractivity contribution in [3.05, 3.63) is 82.8 Å². The minimum Gasteiger partial charge on any atom is -0.465 e. The molecule has 2 aromatic rings. The Kier molecular flexibility index (Phi) is 5.88. The maximum absolute atomic E-state index is 14.8. The summed E-state index contributed by atoms with van der Waals surface area (Å²) in [5.41, 5.74) is 3.14. The zero-order chi connectivity index (χ0) is 21.1. The van der Waals surface area contributed by atoms with Crippen molar-refractivity contribution in [2.45, 2.75) is 38.5 Å². The lowest BCUT2D eigenvalue weighted by atomic mass is 9.71. The number of carbonyl (C=O) groups is 2. The van der Waals surface area contributed by atoms with Crippen molar-refractivity contribution < 1.29 is 18.7 Å². The lowest BCUT2D eigenvalue weighted by molar-refractivity contribution is -0.146. The topological polar surface area (TPSA) is 55.7 Å². The van der Waals surface area contributed by atoms with Crippen LogP contribution >= 0.6 is 0 Å². The standard InChI is InChI=1S/C25H24FNO3/c1-16-22(25(29)30-15-14-17-8-3-2-4-9-17)23(18-10-5-6-11-19(18)26)24-20(27-16)12-7-13-21(24)28/h2-6,8-11,22-23H,7,12-15H2,1H3/t22?,23-/m1/s1. The van der Waals surface area contributed by atoms with Crippen LogP contribution in [0.4, 0.5) is 4.39 Å². The summed E-state index contributed by atoms with van der Waals surface area (Å²) in [6.07, 6.45) is 2.38. The summed E-state index contributed by atoms with van der Waals surface area (Å²) in [5.74, 6) is -2.45. The number of allylic oxidation sites excluding steroid dienone is 2. The average Bonchev–Trinajstić information content (AvgIpc) is 2.74. The van der Waals surface area contributed by atoms with Gasteiger partial charge < -0.3 is 4.74 Å². The first-order chi connectivity index (χ1) is 14.6. The van der Waals surface area contributed by atoms with Crippen LogP contribution in [-0.4, -0.2) is 24.1 Å². The predicted molar refractivity (Wildman–Crippen MR) is 113 cm³/mol. The summed E-state index contributed by atoms with van der Waals surface area (Å²) in [6.45, 7) is 1.98. The third-order valence-corrected chi connectivity index (χ3v) is 5.81. The second kappa shape index (κ2) is 8.74. The number of rotatable bonds is 5. The van der Waals surface area contributed by atoms with Gasteiger partial charge >= 0.3 is 5.97 Å². The van der Waals surface area contributed by atoms with Crippen LogP contribution in [0.25, 0.3) is 0 Å². The van der Waals surface area contributed by atoms with E-state index < -0.39 is 23.6 Å². The molecule has 0 amide bonds. The van der Waals surface area contributed by atoms with Gasteiger partial charge in [0, 0.05) is 35.7 Å². The van der Waals surface area contributed by atoms with Crippen molar-refractivity contribution in [1.29, 1.82) is 0 Å². The first kappa shape index (κ1) is 20.2. The molecule has 30 heavy (non-hydrogen) atoms. The molecule has 2 atom stereocenters. The van der Waals surface area contributed by atoms with Gasteiger partial charge in [-0.2, -0.15) is 0 Å². The van der Waals surface area contributed by atoms with Gasteiger partial charge in [-0.15, -0.1) is 0 Å². The number of carbonyl (C=O) groups excluding carboxylic acids is 2. The quantitative estimate of drug-likeness (QED) is 0.672. The Morgan fingerprint density at radius 3 is 2.60 bits per heavy atom. The number of nitrogens with zero attached hydrogens (tertiary/aromatic N) is 1. The number of hydrogen-bond acceptors (Lipinski definition) is 4. The van der Waals surface area contributed by atoms with Crippen LogP contribution in [-0.2, 0) is 20.7 Å². The number of hydrogen-bond donors (Lipinski definition) is 0. The maximum atomic E-state index is 14.8. The van der Waals surface area contributed by atoms with E-state index in [-0.39, 0.29) is 12.4 Å². The highest BCUT2D eigenvalue weighted by Gasteiger charge is 2.44. The highest BCUT2D eigenvalue weighted by Crippen LogP contribution is 2.44. The molecule has 2 aliphatic rings. The van der Waals surface area contributed by atoms with E-state index in [2.05, 4.69) is 4.99 Å². The third-order valence-electron chi connectivity index (χ3n) is 5.81. The molecule has 0 spiro atoms. The Balaban J connectivity index is 1.64. The first-order valence-corrected chi connectivity index (χ1v) is 10.3. The number of ether oxygens (including phenoxy) is 1. The van der Waals surface area contributed by atoms with Gasteiger partial charge in [-0.1, -0.05) is 48.5 Å². The molecule has 0 saturated carbocycles. The maximum Gasteiger partial charge on any atom is 0.315 e. The first-order valence-electron chi connectivity index (χ1n) is 10.3. The number of benzene rings is 2. The highest BCUT2D eigenvalue weighted by molar-refractivity contribution is 6.08. The molecule has 4 rings (SSSR count). The van der Waals surface area contributed by atoms with Gasteiger partial charge in [0.2, 0.25) is 0 Å². The van der Waals surface area contributed by atoms with Crippen LogP contribution in [0.5, 0.6) is 0 Å². The normalized spacial score (nSPS) is 21.1. The molecule has 2 aromatic carbocycles. The molecule has 1 aliphatic carbocycles. The second-order valence-corrected chi connectivity index (χ2v) is 7.77. The van der Waals surface area contributed by atoms with Gasteiger partial charge in [-0.25, -0.2) is 4.39 Å². The minimum absolute atomic E-state index is 0.0529. The lowest BCUT2D eigenvalue weighted by Crippen LogP contribution is -2.37. The third kappa shape index (κ3) is 3.97. The number of aliphatic imine (C=N–C) groups is 1. The van der Waals surface area contributed by atoms with E-state index >= 15 is 0 Å². The summed E-state index contributed by atoms with van der Waals surface area (Å²) in [4.78, 5) is 30.5. The summed E-state index contributed by atoms with van der Waals surface area (Å²) >= 11 is 0. The van der Waals surface area contributed by atoms with Crippen LogP contribution in [0.2, 0.25) is 0 Å². The van der Waals surface area contributed by atoms with Crippen molar-refractivity contribution in [1.82, 2.24) is 0 Å². The largest absolute Gasteiger partial charge is 0.465 e. The second-order valence-electron chi connectivity index (χ2n) is 7.77. The Morgan fingerprint density at radius 1 is 1.10 bits per heavy atom. The zero-order valence-electron chi connectivity index (χ0n) is 16.9. The smallest absolute Gasteiger partial charge is 0.315 e. The molecule has 0 bridgehead atoms. The SMILES string of the molecule is CC1=NC2=C(C(=O)CCC2)[C@H](c2ccccc2F)C1C(=O)OCCc1ccccc1. The van der Waals surface area contributed by atoms with E-state index in [9.17, 15) is 14.0 Å². The molecule has 0 radical (unpaired) electrons. The number of Topliss-reactive ketones (excluding diaryl/α,β-unsaturated/α-hetero) is 1. The molecular weight excluding hydrogens is 381 g/mol. The fraction of sp³-hybridized carbons (Fsp3) is 0.320. The molecule has 1 heterocycles. The predicted octanol–water partition coefficient (Wildman–Crippen LogP) is 4.79.